The van der Waals surface area contributed by atoms with Gasteiger partial charge in [0.15, 0.2) is 0 Å². The highest BCUT2D eigenvalue weighted by atomic mass is 32.1. The van der Waals surface area contributed by atoms with E-state index in [1.54, 1.807) is 49.6 Å². The Hall–Kier alpha value is -2.54. The molecule has 6 nitrogen and oxygen atoms in total. The van der Waals surface area contributed by atoms with Crippen LogP contribution >= 0.6 is 11.3 Å². The molecule has 1 aromatic heterocycles. The van der Waals surface area contributed by atoms with E-state index in [-0.39, 0.29) is 6.03 Å². The number of nitrogens with zero attached hydrogens (tertiary/aromatic N) is 1. The van der Waals surface area contributed by atoms with E-state index in [4.69, 9.17) is 4.74 Å². The molecule has 0 unspecified atom stereocenters. The molecule has 0 radical (unpaired) electrons. The number of ether oxygens (including phenoxy) is 1. The molecule has 23 heavy (non-hydrogen) atoms. The van der Waals surface area contributed by atoms with Gasteiger partial charge in [-0.1, -0.05) is 6.07 Å². The van der Waals surface area contributed by atoms with Crippen molar-refractivity contribution in [2.75, 3.05) is 23.9 Å². The smallest absolute Gasteiger partial charge is 0.413 e. The maximum Gasteiger partial charge on any atom is 0.413 e. The molecule has 1 aromatic carbocycles. The summed E-state index contributed by atoms with van der Waals surface area (Å²) in [6.45, 7) is 2.58. The Morgan fingerprint density at radius 2 is 1.96 bits per heavy atom. The highest BCUT2D eigenvalue weighted by molar-refractivity contribution is 7.09. The first-order valence-electron chi connectivity index (χ1n) is 7.18. The van der Waals surface area contributed by atoms with E-state index in [9.17, 15) is 9.59 Å². The number of carbonyl (C=O) groups is 2. The number of hydrogen-bond acceptors (Lipinski definition) is 4. The van der Waals surface area contributed by atoms with Gasteiger partial charge in [0.05, 0.1) is 13.2 Å². The molecule has 0 aliphatic carbocycles. The van der Waals surface area contributed by atoms with Crippen molar-refractivity contribution >= 4 is 34.8 Å². The van der Waals surface area contributed by atoms with Crippen molar-refractivity contribution in [3.8, 4) is 0 Å². The first-order valence-corrected chi connectivity index (χ1v) is 8.06. The number of thiophene rings is 1. The second kappa shape index (κ2) is 8.19. The lowest BCUT2D eigenvalue weighted by Crippen LogP contribution is -2.28. The van der Waals surface area contributed by atoms with Crippen molar-refractivity contribution in [3.63, 3.8) is 0 Å². The van der Waals surface area contributed by atoms with Crippen LogP contribution in [0.25, 0.3) is 0 Å². The van der Waals surface area contributed by atoms with Crippen molar-refractivity contribution in [1.29, 1.82) is 0 Å². The molecule has 0 aliphatic heterocycles. The van der Waals surface area contributed by atoms with Gasteiger partial charge in [0, 0.05) is 23.3 Å². The van der Waals surface area contributed by atoms with Crippen LogP contribution in [0.2, 0.25) is 0 Å². The zero-order chi connectivity index (χ0) is 16.7. The van der Waals surface area contributed by atoms with E-state index >= 15 is 0 Å². The van der Waals surface area contributed by atoms with Crippen LogP contribution in [0.3, 0.4) is 0 Å². The molecule has 0 bridgehead atoms. The number of nitrogens with one attached hydrogen (secondary N) is 2. The molecule has 0 saturated carbocycles. The molecule has 3 amide bonds. The van der Waals surface area contributed by atoms with Crippen molar-refractivity contribution in [1.82, 2.24) is 5.32 Å². The second-order valence-electron chi connectivity index (χ2n) is 4.69. The fourth-order valence-electron chi connectivity index (χ4n) is 1.85. The van der Waals surface area contributed by atoms with Crippen LogP contribution in [-0.2, 0) is 11.3 Å². The van der Waals surface area contributed by atoms with E-state index in [0.717, 1.165) is 4.88 Å². The molecule has 122 valence electrons. The van der Waals surface area contributed by atoms with Gasteiger partial charge in [-0.05, 0) is 42.6 Å². The van der Waals surface area contributed by atoms with Crippen LogP contribution in [0.5, 0.6) is 0 Å². The summed E-state index contributed by atoms with van der Waals surface area (Å²) in [6, 6.07) is 10.6. The highest BCUT2D eigenvalue weighted by Crippen LogP contribution is 2.17. The van der Waals surface area contributed by atoms with Gasteiger partial charge in [-0.15, -0.1) is 11.3 Å². The van der Waals surface area contributed by atoms with Crippen LogP contribution in [0.4, 0.5) is 21.0 Å². The van der Waals surface area contributed by atoms with Crippen molar-refractivity contribution in [2.45, 2.75) is 13.5 Å². The summed E-state index contributed by atoms with van der Waals surface area (Å²) in [6.07, 6.45) is -0.415. The van der Waals surface area contributed by atoms with E-state index in [0.29, 0.717) is 24.5 Å². The number of rotatable bonds is 5. The second-order valence-corrected chi connectivity index (χ2v) is 5.72. The standard InChI is InChI=1S/C16H19N3O3S/c1-3-22-16(21)19(2)13-8-6-12(7-9-13)18-15(20)17-11-14-5-4-10-23-14/h4-10H,3,11H2,1-2H3,(H2,17,18,20). The molecule has 1 heterocycles. The first kappa shape index (κ1) is 16.8. The molecule has 2 rings (SSSR count). The SMILES string of the molecule is CCOC(=O)N(C)c1ccc(NC(=O)NCc2cccs2)cc1. The lowest BCUT2D eigenvalue weighted by Gasteiger charge is -2.17. The fraction of sp³-hybridized carbons (Fsp3) is 0.250. The van der Waals surface area contributed by atoms with E-state index in [2.05, 4.69) is 10.6 Å². The minimum Gasteiger partial charge on any atom is -0.449 e. The van der Waals surface area contributed by atoms with Crippen LogP contribution in [-0.4, -0.2) is 25.8 Å². The van der Waals surface area contributed by atoms with Crippen LogP contribution in [0.15, 0.2) is 41.8 Å². The summed E-state index contributed by atoms with van der Waals surface area (Å²) < 4.78 is 4.93. The number of anilines is 2. The Labute approximate surface area is 139 Å². The molecule has 0 atom stereocenters. The molecule has 0 fully saturated rings. The van der Waals surface area contributed by atoms with Gasteiger partial charge in [0.25, 0.3) is 0 Å². The Balaban J connectivity index is 1.86. The van der Waals surface area contributed by atoms with E-state index < -0.39 is 6.09 Å². The third-order valence-corrected chi connectivity index (χ3v) is 3.93. The van der Waals surface area contributed by atoms with Gasteiger partial charge in [-0.25, -0.2) is 9.59 Å². The molecule has 2 N–H and O–H groups in total. The van der Waals surface area contributed by atoms with E-state index in [1.807, 2.05) is 17.5 Å². The van der Waals surface area contributed by atoms with Gasteiger partial charge < -0.3 is 15.4 Å². The number of urea groups is 1. The topological polar surface area (TPSA) is 70.7 Å². The summed E-state index contributed by atoms with van der Waals surface area (Å²) >= 11 is 1.59. The fourth-order valence-corrected chi connectivity index (χ4v) is 2.49. The number of benzene rings is 1. The van der Waals surface area contributed by atoms with Crippen LogP contribution in [0, 0.1) is 0 Å². The van der Waals surface area contributed by atoms with Gasteiger partial charge in [0.2, 0.25) is 0 Å². The van der Waals surface area contributed by atoms with Crippen molar-refractivity contribution < 1.29 is 14.3 Å². The quantitative estimate of drug-likeness (QED) is 0.877. The van der Waals surface area contributed by atoms with Crippen molar-refractivity contribution in [2.24, 2.45) is 0 Å². The highest BCUT2D eigenvalue weighted by Gasteiger charge is 2.11. The summed E-state index contributed by atoms with van der Waals surface area (Å²) in [5.74, 6) is 0. The predicted octanol–water partition coefficient (Wildman–Crippen LogP) is 3.66. The average Bonchev–Trinajstić information content (AvgIpc) is 3.07. The Morgan fingerprint density at radius 3 is 2.57 bits per heavy atom. The Morgan fingerprint density at radius 1 is 1.22 bits per heavy atom. The normalized spacial score (nSPS) is 10.0. The minimum absolute atomic E-state index is 0.273. The third-order valence-electron chi connectivity index (χ3n) is 3.06. The van der Waals surface area contributed by atoms with Gasteiger partial charge >= 0.3 is 12.1 Å². The minimum atomic E-state index is -0.415. The molecule has 7 heteroatoms. The summed E-state index contributed by atoms with van der Waals surface area (Å²) in [5.41, 5.74) is 1.34. The van der Waals surface area contributed by atoms with E-state index in [1.165, 1.54) is 4.90 Å². The summed E-state index contributed by atoms with van der Waals surface area (Å²) in [7, 11) is 1.63. The van der Waals surface area contributed by atoms with Crippen LogP contribution < -0.4 is 15.5 Å². The van der Waals surface area contributed by atoms with Gasteiger partial charge in [0.1, 0.15) is 0 Å². The third kappa shape index (κ3) is 5.00. The van der Waals surface area contributed by atoms with Gasteiger partial charge in [-0.3, -0.25) is 4.90 Å². The molecular formula is C16H19N3O3S. The average molecular weight is 333 g/mol. The number of carbonyl (C=O) groups excluding carboxylic acids is 2. The number of amides is 3. The number of hydrogen-bond donors (Lipinski definition) is 2. The Bertz CT molecular complexity index is 641. The molecule has 0 saturated heterocycles. The van der Waals surface area contributed by atoms with Gasteiger partial charge in [-0.2, -0.15) is 0 Å². The lowest BCUT2D eigenvalue weighted by molar-refractivity contribution is 0.161. The lowest BCUT2D eigenvalue weighted by atomic mass is 10.2. The first-order chi connectivity index (χ1) is 11.1. The zero-order valence-corrected chi connectivity index (χ0v) is 13.9. The maximum absolute atomic E-state index is 11.8. The summed E-state index contributed by atoms with van der Waals surface area (Å²) in [4.78, 5) is 25.9. The molecule has 2 aromatic rings. The monoisotopic (exact) mass is 333 g/mol. The molecule has 0 aliphatic rings. The van der Waals surface area contributed by atoms with Crippen molar-refractivity contribution in [3.05, 3.63) is 46.7 Å². The van der Waals surface area contributed by atoms with Crippen LogP contribution in [0.1, 0.15) is 11.8 Å². The largest absolute Gasteiger partial charge is 0.449 e. The summed E-state index contributed by atoms with van der Waals surface area (Å²) in [5, 5.41) is 7.49. The Kier molecular flexibility index (Phi) is 5.99. The molecule has 0 spiro atoms. The molecular weight excluding hydrogens is 314 g/mol. The zero-order valence-electron chi connectivity index (χ0n) is 13.0. The predicted molar refractivity (Wildman–Crippen MR) is 92.0 cm³/mol. The maximum atomic E-state index is 11.8.